The summed E-state index contributed by atoms with van der Waals surface area (Å²) in [6.07, 6.45) is 3.26. The highest BCUT2D eigenvalue weighted by molar-refractivity contribution is 7.15. The van der Waals surface area contributed by atoms with Gasteiger partial charge in [0.1, 0.15) is 5.01 Å². The molecule has 1 amide bonds. The SMILES string of the molecule is Cc1nnc(NCc2cccc(/C=C/C(=O)Nc3ccccc3N)c2)s1. The Morgan fingerprint density at radius 2 is 2.04 bits per heavy atom. The molecule has 0 aliphatic carbocycles. The standard InChI is InChI=1S/C19H19N5OS/c1-13-23-24-19(26-13)21-12-15-6-4-5-14(11-15)9-10-18(25)22-17-8-3-2-7-16(17)20/h2-11H,12,20H2,1H3,(H,21,24)(H,22,25)/b10-9+. The van der Waals surface area contributed by atoms with Gasteiger partial charge in [0.25, 0.3) is 0 Å². The van der Waals surface area contributed by atoms with Gasteiger partial charge >= 0.3 is 0 Å². The molecule has 2 aromatic carbocycles. The van der Waals surface area contributed by atoms with Crippen molar-refractivity contribution in [3.63, 3.8) is 0 Å². The lowest BCUT2D eigenvalue weighted by Gasteiger charge is -2.05. The molecule has 4 N–H and O–H groups in total. The first-order chi connectivity index (χ1) is 12.6. The van der Waals surface area contributed by atoms with Gasteiger partial charge in [-0.25, -0.2) is 0 Å². The molecular formula is C19H19N5OS. The fourth-order valence-electron chi connectivity index (χ4n) is 2.31. The number of nitrogen functional groups attached to an aromatic ring is 1. The Balaban J connectivity index is 1.59. The van der Waals surface area contributed by atoms with Crippen LogP contribution >= 0.6 is 11.3 Å². The Morgan fingerprint density at radius 3 is 2.81 bits per heavy atom. The molecule has 1 heterocycles. The van der Waals surface area contributed by atoms with E-state index >= 15 is 0 Å². The lowest BCUT2D eigenvalue weighted by molar-refractivity contribution is -0.111. The number of carbonyl (C=O) groups is 1. The fraction of sp³-hybridized carbons (Fsp3) is 0.105. The van der Waals surface area contributed by atoms with Crippen LogP contribution in [-0.2, 0) is 11.3 Å². The average Bonchev–Trinajstić information content (AvgIpc) is 3.06. The third kappa shape index (κ3) is 4.90. The molecule has 0 saturated heterocycles. The highest BCUT2D eigenvalue weighted by atomic mass is 32.1. The number of anilines is 3. The number of benzene rings is 2. The van der Waals surface area contributed by atoms with E-state index in [2.05, 4.69) is 20.8 Å². The molecule has 132 valence electrons. The van der Waals surface area contributed by atoms with Crippen molar-refractivity contribution in [1.29, 1.82) is 0 Å². The Morgan fingerprint density at radius 1 is 1.19 bits per heavy atom. The van der Waals surface area contributed by atoms with Crippen LogP contribution in [-0.4, -0.2) is 16.1 Å². The van der Waals surface area contributed by atoms with Crippen molar-refractivity contribution in [2.75, 3.05) is 16.4 Å². The second-order valence-corrected chi connectivity index (χ2v) is 6.82. The molecule has 0 unspecified atom stereocenters. The summed E-state index contributed by atoms with van der Waals surface area (Å²) in [7, 11) is 0. The number of aromatic nitrogens is 2. The topological polar surface area (TPSA) is 92.9 Å². The molecule has 0 saturated carbocycles. The highest BCUT2D eigenvalue weighted by Gasteiger charge is 2.02. The predicted molar refractivity (Wildman–Crippen MR) is 107 cm³/mol. The largest absolute Gasteiger partial charge is 0.397 e. The predicted octanol–water partition coefficient (Wildman–Crippen LogP) is 3.69. The summed E-state index contributed by atoms with van der Waals surface area (Å²) in [6, 6.07) is 15.1. The van der Waals surface area contributed by atoms with E-state index in [9.17, 15) is 4.79 Å². The Kier molecular flexibility index (Phi) is 5.60. The van der Waals surface area contributed by atoms with Crippen LogP contribution in [0.1, 0.15) is 16.1 Å². The average molecular weight is 365 g/mol. The van der Waals surface area contributed by atoms with Gasteiger partial charge in [0, 0.05) is 12.6 Å². The lowest BCUT2D eigenvalue weighted by Crippen LogP contribution is -2.09. The number of para-hydroxylation sites is 2. The van der Waals surface area contributed by atoms with Gasteiger partial charge in [0.05, 0.1) is 11.4 Å². The van der Waals surface area contributed by atoms with Crippen LogP contribution in [0.15, 0.2) is 54.6 Å². The smallest absolute Gasteiger partial charge is 0.248 e. The van der Waals surface area contributed by atoms with E-state index in [1.807, 2.05) is 43.3 Å². The van der Waals surface area contributed by atoms with Crippen LogP contribution < -0.4 is 16.4 Å². The first-order valence-electron chi connectivity index (χ1n) is 8.06. The summed E-state index contributed by atoms with van der Waals surface area (Å²) >= 11 is 1.52. The molecule has 26 heavy (non-hydrogen) atoms. The van der Waals surface area contributed by atoms with Gasteiger partial charge < -0.3 is 16.4 Å². The minimum absolute atomic E-state index is 0.226. The second-order valence-electron chi connectivity index (χ2n) is 5.63. The number of hydrogen-bond acceptors (Lipinski definition) is 6. The second kappa shape index (κ2) is 8.26. The van der Waals surface area contributed by atoms with E-state index in [0.29, 0.717) is 17.9 Å². The molecule has 0 atom stereocenters. The molecule has 7 heteroatoms. The minimum Gasteiger partial charge on any atom is -0.397 e. The molecule has 0 bridgehead atoms. The third-order valence-electron chi connectivity index (χ3n) is 3.57. The van der Waals surface area contributed by atoms with E-state index < -0.39 is 0 Å². The highest BCUT2D eigenvalue weighted by Crippen LogP contribution is 2.17. The molecule has 0 fully saturated rings. The number of rotatable bonds is 6. The van der Waals surface area contributed by atoms with E-state index in [1.54, 1.807) is 18.2 Å². The van der Waals surface area contributed by atoms with E-state index in [-0.39, 0.29) is 5.91 Å². The first kappa shape index (κ1) is 17.6. The maximum atomic E-state index is 12.1. The number of carbonyl (C=O) groups excluding carboxylic acids is 1. The van der Waals surface area contributed by atoms with Gasteiger partial charge in [0.2, 0.25) is 11.0 Å². The molecule has 3 rings (SSSR count). The van der Waals surface area contributed by atoms with Gasteiger partial charge in [-0.3, -0.25) is 4.79 Å². The van der Waals surface area contributed by atoms with Crippen molar-refractivity contribution in [2.45, 2.75) is 13.5 Å². The first-order valence-corrected chi connectivity index (χ1v) is 8.88. The van der Waals surface area contributed by atoms with Crippen LogP contribution in [0.25, 0.3) is 6.08 Å². The summed E-state index contributed by atoms with van der Waals surface area (Å²) in [5.41, 5.74) is 8.99. The molecular weight excluding hydrogens is 346 g/mol. The Bertz CT molecular complexity index is 935. The summed E-state index contributed by atoms with van der Waals surface area (Å²) in [5, 5.41) is 15.7. The molecule has 0 spiro atoms. The van der Waals surface area contributed by atoms with Gasteiger partial charge in [-0.05, 0) is 42.3 Å². The summed E-state index contributed by atoms with van der Waals surface area (Å²) in [6.45, 7) is 2.56. The van der Waals surface area contributed by atoms with Crippen molar-refractivity contribution in [3.05, 3.63) is 70.7 Å². The maximum absolute atomic E-state index is 12.1. The molecule has 0 aliphatic heterocycles. The van der Waals surface area contributed by atoms with E-state index in [4.69, 9.17) is 5.73 Å². The van der Waals surface area contributed by atoms with Crippen LogP contribution in [0.4, 0.5) is 16.5 Å². The monoisotopic (exact) mass is 365 g/mol. The number of nitrogens with one attached hydrogen (secondary N) is 2. The van der Waals surface area contributed by atoms with Crippen molar-refractivity contribution in [2.24, 2.45) is 0 Å². The van der Waals surface area contributed by atoms with E-state index in [1.165, 1.54) is 17.4 Å². The molecule has 0 radical (unpaired) electrons. The van der Waals surface area contributed by atoms with Crippen LogP contribution in [0.3, 0.4) is 0 Å². The molecule has 1 aromatic heterocycles. The number of hydrogen-bond donors (Lipinski definition) is 3. The van der Waals surface area contributed by atoms with Crippen LogP contribution in [0.5, 0.6) is 0 Å². The Hall–Kier alpha value is -3.19. The van der Waals surface area contributed by atoms with Crippen molar-refractivity contribution < 1.29 is 4.79 Å². The number of nitrogens with zero attached hydrogens (tertiary/aromatic N) is 2. The van der Waals surface area contributed by atoms with Gasteiger partial charge in [0.15, 0.2) is 0 Å². The van der Waals surface area contributed by atoms with Crippen molar-refractivity contribution in [1.82, 2.24) is 10.2 Å². The van der Waals surface area contributed by atoms with Gasteiger partial charge in [-0.2, -0.15) is 0 Å². The summed E-state index contributed by atoms with van der Waals surface area (Å²) in [4.78, 5) is 12.1. The third-order valence-corrected chi connectivity index (χ3v) is 4.36. The minimum atomic E-state index is -0.226. The summed E-state index contributed by atoms with van der Waals surface area (Å²) < 4.78 is 0. The fourth-order valence-corrected chi connectivity index (χ4v) is 2.90. The van der Waals surface area contributed by atoms with Gasteiger partial charge in [-0.1, -0.05) is 41.7 Å². The maximum Gasteiger partial charge on any atom is 0.248 e. The van der Waals surface area contributed by atoms with E-state index in [0.717, 1.165) is 21.3 Å². The number of aryl methyl sites for hydroxylation is 1. The quantitative estimate of drug-likeness (QED) is 0.457. The summed E-state index contributed by atoms with van der Waals surface area (Å²) in [5.74, 6) is -0.226. The Labute approximate surface area is 155 Å². The van der Waals surface area contributed by atoms with Gasteiger partial charge in [-0.15, -0.1) is 10.2 Å². The lowest BCUT2D eigenvalue weighted by atomic mass is 10.1. The zero-order valence-corrected chi connectivity index (χ0v) is 15.1. The molecule has 6 nitrogen and oxygen atoms in total. The molecule has 0 aliphatic rings. The van der Waals surface area contributed by atoms with Crippen LogP contribution in [0, 0.1) is 6.92 Å². The van der Waals surface area contributed by atoms with Crippen molar-refractivity contribution >= 4 is 39.8 Å². The number of amides is 1. The molecule has 3 aromatic rings. The van der Waals surface area contributed by atoms with Crippen molar-refractivity contribution in [3.8, 4) is 0 Å². The zero-order chi connectivity index (χ0) is 18.4. The number of nitrogens with two attached hydrogens (primary N) is 1. The zero-order valence-electron chi connectivity index (χ0n) is 14.3. The van der Waals surface area contributed by atoms with Crippen LogP contribution in [0.2, 0.25) is 0 Å². The normalized spacial score (nSPS) is 10.8.